The van der Waals surface area contributed by atoms with Gasteiger partial charge in [-0.3, -0.25) is 0 Å². The van der Waals surface area contributed by atoms with E-state index in [9.17, 15) is 4.39 Å². The molecule has 2 aromatic heterocycles. The summed E-state index contributed by atoms with van der Waals surface area (Å²) in [6.07, 6.45) is 1.61. The van der Waals surface area contributed by atoms with Gasteiger partial charge in [-0.2, -0.15) is 4.98 Å². The Bertz CT molecular complexity index is 438. The number of fused-ring (bicyclic) bond motifs is 1. The van der Waals surface area contributed by atoms with Crippen LogP contribution in [-0.4, -0.2) is 14.6 Å². The van der Waals surface area contributed by atoms with E-state index in [4.69, 9.17) is 5.73 Å². The molecule has 0 bridgehead atoms. The van der Waals surface area contributed by atoms with Crippen LogP contribution in [0, 0.1) is 9.39 Å². The standard InChI is InChI=1S/C6H4FIN4/c7-4-3(8)1-2-12-5(4)10-6(9)11-12/h1-2H,(H2,9,11). The van der Waals surface area contributed by atoms with Crippen LogP contribution in [0.3, 0.4) is 0 Å². The second-order valence-electron chi connectivity index (χ2n) is 2.22. The van der Waals surface area contributed by atoms with Crippen molar-refractivity contribution in [3.8, 4) is 0 Å². The van der Waals surface area contributed by atoms with Crippen molar-refractivity contribution in [2.75, 3.05) is 5.73 Å². The average Bonchev–Trinajstić information content (AvgIpc) is 2.39. The van der Waals surface area contributed by atoms with Crippen molar-refractivity contribution in [2.45, 2.75) is 0 Å². The molecule has 0 radical (unpaired) electrons. The molecule has 0 fully saturated rings. The van der Waals surface area contributed by atoms with Crippen LogP contribution in [0.2, 0.25) is 0 Å². The number of halogens is 2. The van der Waals surface area contributed by atoms with Gasteiger partial charge < -0.3 is 5.73 Å². The number of hydrogen-bond acceptors (Lipinski definition) is 3. The van der Waals surface area contributed by atoms with Gasteiger partial charge in [0.1, 0.15) is 0 Å². The van der Waals surface area contributed by atoms with Gasteiger partial charge >= 0.3 is 0 Å². The molecule has 0 aliphatic heterocycles. The van der Waals surface area contributed by atoms with Gasteiger partial charge in [0.2, 0.25) is 5.95 Å². The maximum absolute atomic E-state index is 13.2. The summed E-state index contributed by atoms with van der Waals surface area (Å²) in [5.41, 5.74) is 5.46. The number of aromatic nitrogens is 3. The van der Waals surface area contributed by atoms with Gasteiger partial charge in [0.15, 0.2) is 11.5 Å². The zero-order chi connectivity index (χ0) is 8.72. The van der Waals surface area contributed by atoms with Crippen LogP contribution in [0.4, 0.5) is 10.3 Å². The van der Waals surface area contributed by atoms with Crippen molar-refractivity contribution in [2.24, 2.45) is 0 Å². The van der Waals surface area contributed by atoms with Gasteiger partial charge in [0.25, 0.3) is 0 Å². The number of rotatable bonds is 0. The molecular weight excluding hydrogens is 274 g/mol. The lowest BCUT2D eigenvalue weighted by molar-refractivity contribution is 0.620. The molecule has 0 aromatic carbocycles. The van der Waals surface area contributed by atoms with Crippen molar-refractivity contribution in [1.82, 2.24) is 14.6 Å². The fourth-order valence-corrected chi connectivity index (χ4v) is 1.31. The third kappa shape index (κ3) is 1.02. The fourth-order valence-electron chi connectivity index (χ4n) is 0.909. The van der Waals surface area contributed by atoms with E-state index in [-0.39, 0.29) is 17.4 Å². The van der Waals surface area contributed by atoms with Crippen LogP contribution in [0.5, 0.6) is 0 Å². The van der Waals surface area contributed by atoms with E-state index in [1.165, 1.54) is 4.52 Å². The van der Waals surface area contributed by atoms with Gasteiger partial charge in [-0.15, -0.1) is 5.10 Å². The first-order chi connectivity index (χ1) is 5.68. The van der Waals surface area contributed by atoms with Crippen molar-refractivity contribution in [3.63, 3.8) is 0 Å². The normalized spacial score (nSPS) is 10.8. The van der Waals surface area contributed by atoms with Crippen LogP contribution < -0.4 is 5.73 Å². The molecule has 62 valence electrons. The molecule has 0 atom stereocenters. The van der Waals surface area contributed by atoms with E-state index >= 15 is 0 Å². The number of nitrogens with two attached hydrogens (primary N) is 1. The number of nitrogen functional groups attached to an aromatic ring is 1. The third-order valence-corrected chi connectivity index (χ3v) is 2.25. The molecule has 2 heterocycles. The highest BCUT2D eigenvalue weighted by Gasteiger charge is 2.08. The lowest BCUT2D eigenvalue weighted by Gasteiger charge is -1.93. The van der Waals surface area contributed by atoms with Crippen molar-refractivity contribution in [3.05, 3.63) is 21.7 Å². The molecule has 12 heavy (non-hydrogen) atoms. The Labute approximate surface area is 80.7 Å². The second kappa shape index (κ2) is 2.54. The summed E-state index contributed by atoms with van der Waals surface area (Å²) in [6.45, 7) is 0. The maximum Gasteiger partial charge on any atom is 0.240 e. The molecule has 0 aliphatic carbocycles. The Kier molecular flexibility index (Phi) is 1.63. The molecule has 4 nitrogen and oxygen atoms in total. The molecule has 2 N–H and O–H groups in total. The lowest BCUT2D eigenvalue weighted by atomic mass is 10.5. The highest BCUT2D eigenvalue weighted by atomic mass is 127. The molecule has 0 saturated carbocycles. The summed E-state index contributed by atoms with van der Waals surface area (Å²) >= 11 is 1.88. The fraction of sp³-hybridized carbons (Fsp3) is 0. The second-order valence-corrected chi connectivity index (χ2v) is 3.38. The van der Waals surface area contributed by atoms with E-state index in [1.54, 1.807) is 12.3 Å². The zero-order valence-corrected chi connectivity index (χ0v) is 7.99. The van der Waals surface area contributed by atoms with E-state index in [0.29, 0.717) is 3.57 Å². The Morgan fingerprint density at radius 2 is 2.33 bits per heavy atom. The lowest BCUT2D eigenvalue weighted by Crippen LogP contribution is -1.92. The molecule has 0 aliphatic rings. The Balaban J connectivity index is 2.89. The van der Waals surface area contributed by atoms with E-state index in [2.05, 4.69) is 10.1 Å². The van der Waals surface area contributed by atoms with E-state index < -0.39 is 0 Å². The SMILES string of the molecule is Nc1nc2c(F)c(I)ccn2n1. The first-order valence-corrected chi connectivity index (χ1v) is 4.22. The molecule has 0 spiro atoms. The highest BCUT2D eigenvalue weighted by Crippen LogP contribution is 2.14. The van der Waals surface area contributed by atoms with Gasteiger partial charge in [0, 0.05) is 6.20 Å². The van der Waals surface area contributed by atoms with Crippen molar-refractivity contribution in [1.29, 1.82) is 0 Å². The number of pyridine rings is 1. The highest BCUT2D eigenvalue weighted by molar-refractivity contribution is 14.1. The van der Waals surface area contributed by atoms with Crippen molar-refractivity contribution < 1.29 is 4.39 Å². The summed E-state index contributed by atoms with van der Waals surface area (Å²) in [7, 11) is 0. The number of anilines is 1. The molecule has 2 rings (SSSR count). The predicted molar refractivity (Wildman–Crippen MR) is 50.1 cm³/mol. The summed E-state index contributed by atoms with van der Waals surface area (Å²) in [6, 6.07) is 1.61. The van der Waals surface area contributed by atoms with Crippen LogP contribution in [0.1, 0.15) is 0 Å². The molecular formula is C6H4FIN4. The third-order valence-electron chi connectivity index (χ3n) is 1.42. The van der Waals surface area contributed by atoms with Crippen LogP contribution in [0.25, 0.3) is 5.65 Å². The molecule has 6 heteroatoms. The van der Waals surface area contributed by atoms with Gasteiger partial charge in [-0.1, -0.05) is 0 Å². The smallest absolute Gasteiger partial charge is 0.240 e. The molecule has 0 unspecified atom stereocenters. The average molecular weight is 278 g/mol. The molecule has 2 aromatic rings. The summed E-state index contributed by atoms with van der Waals surface area (Å²) < 4.78 is 15.0. The summed E-state index contributed by atoms with van der Waals surface area (Å²) in [5, 5.41) is 3.76. The maximum atomic E-state index is 13.2. The van der Waals surface area contributed by atoms with Crippen LogP contribution in [-0.2, 0) is 0 Å². The number of hydrogen-bond donors (Lipinski definition) is 1. The monoisotopic (exact) mass is 278 g/mol. The Morgan fingerprint density at radius 3 is 3.08 bits per heavy atom. The topological polar surface area (TPSA) is 56.2 Å². The summed E-state index contributed by atoms with van der Waals surface area (Å²) in [5.74, 6) is -0.307. The molecule has 0 saturated heterocycles. The van der Waals surface area contributed by atoms with Gasteiger partial charge in [-0.25, -0.2) is 8.91 Å². The first kappa shape index (κ1) is 7.71. The minimum atomic E-state index is -0.387. The van der Waals surface area contributed by atoms with Crippen molar-refractivity contribution >= 4 is 34.2 Å². The predicted octanol–water partition coefficient (Wildman–Crippen LogP) is 1.06. The van der Waals surface area contributed by atoms with Gasteiger partial charge in [0.05, 0.1) is 3.57 Å². The Hall–Kier alpha value is -0.920. The van der Waals surface area contributed by atoms with Gasteiger partial charge in [-0.05, 0) is 28.7 Å². The largest absolute Gasteiger partial charge is 0.366 e. The minimum absolute atomic E-state index is 0.0795. The molecule has 0 amide bonds. The van der Waals surface area contributed by atoms with E-state index in [0.717, 1.165) is 0 Å². The van der Waals surface area contributed by atoms with Crippen LogP contribution in [0.15, 0.2) is 12.3 Å². The Morgan fingerprint density at radius 1 is 1.58 bits per heavy atom. The van der Waals surface area contributed by atoms with Crippen LogP contribution >= 0.6 is 22.6 Å². The first-order valence-electron chi connectivity index (χ1n) is 3.14. The summed E-state index contributed by atoms with van der Waals surface area (Å²) in [4.78, 5) is 3.72. The number of nitrogens with zero attached hydrogens (tertiary/aromatic N) is 3. The zero-order valence-electron chi connectivity index (χ0n) is 5.83. The van der Waals surface area contributed by atoms with E-state index in [1.807, 2.05) is 22.6 Å². The quantitative estimate of drug-likeness (QED) is 0.733. The minimum Gasteiger partial charge on any atom is -0.366 e.